The molecule has 92 valence electrons. The van der Waals surface area contributed by atoms with Gasteiger partial charge in [0.05, 0.1) is 5.56 Å². The first-order valence-electron chi connectivity index (χ1n) is 5.58. The number of aryl methyl sites for hydroxylation is 1. The fourth-order valence-electron chi connectivity index (χ4n) is 1.73. The van der Waals surface area contributed by atoms with Crippen LogP contribution in [0.4, 0.5) is 11.5 Å². The first-order chi connectivity index (χ1) is 8.58. The van der Waals surface area contributed by atoms with Crippen LogP contribution in [-0.4, -0.2) is 23.1 Å². The predicted molar refractivity (Wildman–Crippen MR) is 70.4 cm³/mol. The van der Waals surface area contributed by atoms with Crippen LogP contribution in [0.1, 0.15) is 16.1 Å². The number of nitrogens with zero attached hydrogens (tertiary/aromatic N) is 2. The highest BCUT2D eigenvalue weighted by molar-refractivity contribution is 5.89. The second kappa shape index (κ2) is 4.87. The maximum absolute atomic E-state index is 11.0. The fourth-order valence-corrected chi connectivity index (χ4v) is 1.73. The van der Waals surface area contributed by atoms with E-state index >= 15 is 0 Å². The lowest BCUT2D eigenvalue weighted by Gasteiger charge is -2.19. The SMILES string of the molecule is Cc1cc(C(=O)O)cc(N(C)c2ccccc2)n1. The molecule has 1 heterocycles. The molecular formula is C14H14N2O2. The molecule has 0 aliphatic rings. The zero-order chi connectivity index (χ0) is 13.1. The number of rotatable bonds is 3. The molecule has 0 aliphatic carbocycles. The number of carbonyl (C=O) groups is 1. The molecule has 18 heavy (non-hydrogen) atoms. The Morgan fingerprint density at radius 2 is 1.89 bits per heavy atom. The number of aromatic carboxylic acids is 1. The number of hydrogen-bond acceptors (Lipinski definition) is 3. The van der Waals surface area contributed by atoms with Crippen molar-refractivity contribution >= 4 is 17.5 Å². The summed E-state index contributed by atoms with van der Waals surface area (Å²) in [6.07, 6.45) is 0. The van der Waals surface area contributed by atoms with Crippen molar-refractivity contribution in [3.8, 4) is 0 Å². The summed E-state index contributed by atoms with van der Waals surface area (Å²) in [6.45, 7) is 1.79. The van der Waals surface area contributed by atoms with Crippen molar-refractivity contribution in [1.82, 2.24) is 4.98 Å². The van der Waals surface area contributed by atoms with Crippen LogP contribution in [0.15, 0.2) is 42.5 Å². The standard InChI is InChI=1S/C14H14N2O2/c1-10-8-11(14(17)18)9-13(15-10)16(2)12-6-4-3-5-7-12/h3-9H,1-2H3,(H,17,18). The third-order valence-electron chi connectivity index (χ3n) is 2.67. The highest BCUT2D eigenvalue weighted by Crippen LogP contribution is 2.22. The molecule has 0 amide bonds. The van der Waals surface area contributed by atoms with E-state index in [0.29, 0.717) is 11.5 Å². The van der Waals surface area contributed by atoms with Crippen LogP contribution in [0, 0.1) is 6.92 Å². The van der Waals surface area contributed by atoms with E-state index < -0.39 is 5.97 Å². The molecule has 0 unspecified atom stereocenters. The van der Waals surface area contributed by atoms with Gasteiger partial charge in [-0.3, -0.25) is 0 Å². The minimum atomic E-state index is -0.941. The van der Waals surface area contributed by atoms with Gasteiger partial charge in [-0.2, -0.15) is 0 Å². The molecule has 0 saturated carbocycles. The Morgan fingerprint density at radius 3 is 2.50 bits per heavy atom. The Morgan fingerprint density at radius 1 is 1.22 bits per heavy atom. The van der Waals surface area contributed by atoms with E-state index in [0.717, 1.165) is 5.69 Å². The Hall–Kier alpha value is -2.36. The van der Waals surface area contributed by atoms with E-state index in [2.05, 4.69) is 4.98 Å². The van der Waals surface area contributed by atoms with Crippen molar-refractivity contribution < 1.29 is 9.90 Å². The molecule has 0 spiro atoms. The van der Waals surface area contributed by atoms with Crippen molar-refractivity contribution in [3.63, 3.8) is 0 Å². The van der Waals surface area contributed by atoms with Crippen LogP contribution < -0.4 is 4.90 Å². The Balaban J connectivity index is 2.42. The largest absolute Gasteiger partial charge is 0.478 e. The topological polar surface area (TPSA) is 53.4 Å². The Bertz CT molecular complexity index is 567. The molecule has 0 fully saturated rings. The van der Waals surface area contributed by atoms with Gasteiger partial charge in [0.15, 0.2) is 0 Å². The van der Waals surface area contributed by atoms with Crippen LogP contribution >= 0.6 is 0 Å². The van der Waals surface area contributed by atoms with Gasteiger partial charge in [-0.25, -0.2) is 9.78 Å². The minimum absolute atomic E-state index is 0.250. The summed E-state index contributed by atoms with van der Waals surface area (Å²) in [5, 5.41) is 9.04. The van der Waals surface area contributed by atoms with Crippen LogP contribution in [0.2, 0.25) is 0 Å². The molecule has 0 radical (unpaired) electrons. The third kappa shape index (κ3) is 2.48. The van der Waals surface area contributed by atoms with E-state index in [1.165, 1.54) is 0 Å². The number of hydrogen-bond donors (Lipinski definition) is 1. The summed E-state index contributed by atoms with van der Waals surface area (Å²) in [5.74, 6) is -0.318. The van der Waals surface area contributed by atoms with Gasteiger partial charge in [-0.15, -0.1) is 0 Å². The second-order valence-corrected chi connectivity index (χ2v) is 4.06. The molecule has 4 nitrogen and oxygen atoms in total. The number of anilines is 2. The first-order valence-corrected chi connectivity index (χ1v) is 5.58. The van der Waals surface area contributed by atoms with Gasteiger partial charge in [0, 0.05) is 18.4 Å². The average molecular weight is 242 g/mol. The summed E-state index contributed by atoms with van der Waals surface area (Å²) < 4.78 is 0. The third-order valence-corrected chi connectivity index (χ3v) is 2.67. The van der Waals surface area contributed by atoms with E-state index in [9.17, 15) is 4.79 Å². The van der Waals surface area contributed by atoms with E-state index in [4.69, 9.17) is 5.11 Å². The zero-order valence-corrected chi connectivity index (χ0v) is 10.3. The predicted octanol–water partition coefficient (Wildman–Crippen LogP) is 2.86. The zero-order valence-electron chi connectivity index (χ0n) is 10.3. The van der Waals surface area contributed by atoms with E-state index in [-0.39, 0.29) is 5.56 Å². The monoisotopic (exact) mass is 242 g/mol. The molecule has 0 aliphatic heterocycles. The van der Waals surface area contributed by atoms with Crippen molar-refractivity contribution in [1.29, 1.82) is 0 Å². The van der Waals surface area contributed by atoms with E-state index in [1.54, 1.807) is 19.1 Å². The van der Waals surface area contributed by atoms with Crippen LogP contribution in [-0.2, 0) is 0 Å². The van der Waals surface area contributed by atoms with Crippen LogP contribution in [0.25, 0.3) is 0 Å². The molecule has 1 aromatic heterocycles. The van der Waals surface area contributed by atoms with Gasteiger partial charge < -0.3 is 10.0 Å². The normalized spacial score (nSPS) is 10.1. The molecule has 0 bridgehead atoms. The summed E-state index contributed by atoms with van der Waals surface area (Å²) in [4.78, 5) is 17.2. The lowest BCUT2D eigenvalue weighted by Crippen LogP contribution is -2.13. The van der Waals surface area contributed by atoms with Crippen LogP contribution in [0.5, 0.6) is 0 Å². The summed E-state index contributed by atoms with van der Waals surface area (Å²) in [7, 11) is 1.86. The molecule has 1 aromatic carbocycles. The number of carboxylic acid groups (broad SMARTS) is 1. The maximum atomic E-state index is 11.0. The molecular weight excluding hydrogens is 228 g/mol. The fraction of sp³-hybridized carbons (Fsp3) is 0.143. The molecule has 2 aromatic rings. The lowest BCUT2D eigenvalue weighted by atomic mass is 10.2. The number of para-hydroxylation sites is 1. The number of carboxylic acids is 1. The second-order valence-electron chi connectivity index (χ2n) is 4.06. The Labute approximate surface area is 106 Å². The van der Waals surface area contributed by atoms with Crippen molar-refractivity contribution in [2.45, 2.75) is 6.92 Å². The lowest BCUT2D eigenvalue weighted by molar-refractivity contribution is 0.0696. The Kier molecular flexibility index (Phi) is 3.28. The maximum Gasteiger partial charge on any atom is 0.335 e. The quantitative estimate of drug-likeness (QED) is 0.899. The first kappa shape index (κ1) is 12.1. The number of pyridine rings is 1. The van der Waals surface area contributed by atoms with E-state index in [1.807, 2.05) is 42.3 Å². The summed E-state index contributed by atoms with van der Waals surface area (Å²) in [5.41, 5.74) is 1.90. The average Bonchev–Trinajstić information content (AvgIpc) is 2.38. The van der Waals surface area contributed by atoms with Crippen LogP contribution in [0.3, 0.4) is 0 Å². The van der Waals surface area contributed by atoms with Crippen molar-refractivity contribution in [2.75, 3.05) is 11.9 Å². The highest BCUT2D eigenvalue weighted by Gasteiger charge is 2.10. The van der Waals surface area contributed by atoms with Crippen molar-refractivity contribution in [3.05, 3.63) is 53.7 Å². The summed E-state index contributed by atoms with van der Waals surface area (Å²) in [6, 6.07) is 12.8. The molecule has 1 N–H and O–H groups in total. The summed E-state index contributed by atoms with van der Waals surface area (Å²) >= 11 is 0. The molecule has 4 heteroatoms. The van der Waals surface area contributed by atoms with Crippen molar-refractivity contribution in [2.24, 2.45) is 0 Å². The van der Waals surface area contributed by atoms with Gasteiger partial charge in [-0.1, -0.05) is 18.2 Å². The molecule has 0 atom stereocenters. The molecule has 0 saturated heterocycles. The minimum Gasteiger partial charge on any atom is -0.478 e. The number of benzene rings is 1. The smallest absolute Gasteiger partial charge is 0.335 e. The van der Waals surface area contributed by atoms with Gasteiger partial charge in [0.25, 0.3) is 0 Å². The van der Waals surface area contributed by atoms with Gasteiger partial charge in [0.2, 0.25) is 0 Å². The van der Waals surface area contributed by atoms with Gasteiger partial charge >= 0.3 is 5.97 Å². The molecule has 2 rings (SSSR count). The number of aromatic nitrogens is 1. The highest BCUT2D eigenvalue weighted by atomic mass is 16.4. The van der Waals surface area contributed by atoms with Gasteiger partial charge in [0.1, 0.15) is 5.82 Å². The van der Waals surface area contributed by atoms with Gasteiger partial charge in [-0.05, 0) is 31.2 Å².